The predicted molar refractivity (Wildman–Crippen MR) is 85.7 cm³/mol. The average molecular weight is 328 g/mol. The molecule has 0 bridgehead atoms. The zero-order chi connectivity index (χ0) is 16.1. The number of likely N-dealkylation sites (N-methyl/N-ethyl adjacent to an activating group) is 1. The molecule has 1 aliphatic rings. The maximum atomic E-state index is 12.3. The Kier molecular flexibility index (Phi) is 5.79. The molecule has 0 radical (unpaired) electrons. The van der Waals surface area contributed by atoms with Gasteiger partial charge in [0, 0.05) is 19.1 Å². The van der Waals surface area contributed by atoms with Crippen molar-refractivity contribution in [2.45, 2.75) is 25.8 Å². The smallest absolute Gasteiger partial charge is 0.275 e. The summed E-state index contributed by atoms with van der Waals surface area (Å²) in [5.74, 6) is 0.250. The van der Waals surface area contributed by atoms with Crippen molar-refractivity contribution in [3.63, 3.8) is 0 Å². The van der Waals surface area contributed by atoms with E-state index in [0.29, 0.717) is 24.9 Å². The van der Waals surface area contributed by atoms with Crippen molar-refractivity contribution in [1.82, 2.24) is 20.2 Å². The lowest BCUT2D eigenvalue weighted by Crippen LogP contribution is -2.38. The molecule has 1 atom stereocenters. The van der Waals surface area contributed by atoms with Crippen molar-refractivity contribution >= 4 is 23.3 Å². The van der Waals surface area contributed by atoms with E-state index in [-0.39, 0.29) is 22.6 Å². The first kappa shape index (κ1) is 16.8. The van der Waals surface area contributed by atoms with Crippen molar-refractivity contribution in [2.24, 2.45) is 0 Å². The van der Waals surface area contributed by atoms with Crippen molar-refractivity contribution in [3.05, 3.63) is 10.8 Å². The van der Waals surface area contributed by atoms with Gasteiger partial charge in [0.1, 0.15) is 0 Å². The van der Waals surface area contributed by atoms with E-state index >= 15 is 0 Å². The summed E-state index contributed by atoms with van der Waals surface area (Å²) in [7, 11) is 3.52. The fourth-order valence-electron chi connectivity index (χ4n) is 2.50. The fourth-order valence-corrected chi connectivity index (χ4v) is 2.69. The number of hydrogen-bond acceptors (Lipinski definition) is 6. The van der Waals surface area contributed by atoms with Gasteiger partial charge in [0.25, 0.3) is 5.91 Å². The van der Waals surface area contributed by atoms with Crippen molar-refractivity contribution in [2.75, 3.05) is 39.1 Å². The molecule has 1 aliphatic heterocycles. The van der Waals surface area contributed by atoms with Crippen LogP contribution in [0.2, 0.25) is 5.15 Å². The largest absolute Gasteiger partial charge is 0.479 e. The van der Waals surface area contributed by atoms with E-state index in [1.165, 1.54) is 7.11 Å². The first-order valence-corrected chi connectivity index (χ1v) is 7.78. The van der Waals surface area contributed by atoms with Crippen LogP contribution >= 0.6 is 11.6 Å². The second-order valence-corrected chi connectivity index (χ2v) is 5.60. The highest BCUT2D eigenvalue weighted by molar-refractivity contribution is 6.31. The van der Waals surface area contributed by atoms with Gasteiger partial charge in [-0.15, -0.1) is 0 Å². The third kappa shape index (κ3) is 3.78. The van der Waals surface area contributed by atoms with E-state index in [9.17, 15) is 4.79 Å². The number of anilines is 1. The van der Waals surface area contributed by atoms with E-state index < -0.39 is 0 Å². The minimum Gasteiger partial charge on any atom is -0.479 e. The van der Waals surface area contributed by atoms with E-state index in [0.717, 1.165) is 19.4 Å². The summed E-state index contributed by atoms with van der Waals surface area (Å²) in [4.78, 5) is 22.9. The van der Waals surface area contributed by atoms with Crippen molar-refractivity contribution < 1.29 is 9.53 Å². The maximum absolute atomic E-state index is 12.3. The van der Waals surface area contributed by atoms with E-state index in [2.05, 4.69) is 32.5 Å². The van der Waals surface area contributed by atoms with Crippen LogP contribution in [-0.2, 0) is 0 Å². The first-order chi connectivity index (χ1) is 10.6. The van der Waals surface area contributed by atoms with Crippen LogP contribution in [0.3, 0.4) is 0 Å². The van der Waals surface area contributed by atoms with E-state index in [4.69, 9.17) is 16.3 Å². The third-order valence-corrected chi connectivity index (χ3v) is 4.01. The SMILES string of the molecule is CCNc1nc(OC)c(C(=O)NCC2CCCN2C)nc1Cl. The van der Waals surface area contributed by atoms with Gasteiger partial charge in [0.05, 0.1) is 7.11 Å². The topological polar surface area (TPSA) is 79.4 Å². The molecule has 1 unspecified atom stereocenters. The molecule has 0 aromatic carbocycles. The number of carbonyl (C=O) groups is 1. The predicted octanol–water partition coefficient (Wildman–Crippen LogP) is 1.39. The molecule has 2 rings (SSSR count). The van der Waals surface area contributed by atoms with Gasteiger partial charge in [0.15, 0.2) is 16.7 Å². The standard InChI is InChI=1S/C14H22ClN5O2/c1-4-16-12-11(15)18-10(14(19-12)22-3)13(21)17-8-9-6-5-7-20(9)2/h9H,4-8H2,1-3H3,(H,16,19)(H,17,21). The van der Waals surface area contributed by atoms with Crippen LogP contribution in [0.15, 0.2) is 0 Å². The third-order valence-electron chi connectivity index (χ3n) is 3.74. The number of carbonyl (C=O) groups excluding carboxylic acids is 1. The average Bonchev–Trinajstić information content (AvgIpc) is 2.92. The Bertz CT molecular complexity index is 540. The van der Waals surface area contributed by atoms with Crippen LogP contribution < -0.4 is 15.4 Å². The molecule has 122 valence electrons. The van der Waals surface area contributed by atoms with Crippen LogP contribution in [0.25, 0.3) is 0 Å². The number of halogens is 1. The molecular formula is C14H22ClN5O2. The van der Waals surface area contributed by atoms with Crippen LogP contribution in [-0.4, -0.2) is 60.6 Å². The van der Waals surface area contributed by atoms with Gasteiger partial charge in [0.2, 0.25) is 5.88 Å². The monoisotopic (exact) mass is 327 g/mol. The van der Waals surface area contributed by atoms with E-state index in [1.807, 2.05) is 6.92 Å². The van der Waals surface area contributed by atoms with Gasteiger partial charge in [-0.25, -0.2) is 4.98 Å². The number of ether oxygens (including phenoxy) is 1. The summed E-state index contributed by atoms with van der Waals surface area (Å²) in [6, 6.07) is 0.361. The van der Waals surface area contributed by atoms with Gasteiger partial charge in [-0.2, -0.15) is 4.98 Å². The normalized spacial score (nSPS) is 18.3. The Labute approximate surface area is 135 Å². The summed E-state index contributed by atoms with van der Waals surface area (Å²) >= 11 is 6.05. The Morgan fingerprint density at radius 3 is 2.86 bits per heavy atom. The second kappa shape index (κ2) is 7.60. The molecule has 2 N–H and O–H groups in total. The molecule has 1 aromatic heterocycles. The number of hydrogen-bond donors (Lipinski definition) is 2. The summed E-state index contributed by atoms with van der Waals surface area (Å²) in [6.45, 7) is 4.21. The summed E-state index contributed by atoms with van der Waals surface area (Å²) < 4.78 is 5.16. The minimum atomic E-state index is -0.324. The highest BCUT2D eigenvalue weighted by Gasteiger charge is 2.24. The van der Waals surface area contributed by atoms with Gasteiger partial charge >= 0.3 is 0 Å². The molecule has 7 nitrogen and oxygen atoms in total. The molecular weight excluding hydrogens is 306 g/mol. The lowest BCUT2D eigenvalue weighted by molar-refractivity contribution is 0.0934. The molecule has 1 fully saturated rings. The van der Waals surface area contributed by atoms with Crippen LogP contribution in [0.4, 0.5) is 5.82 Å². The van der Waals surface area contributed by atoms with Gasteiger partial charge in [-0.1, -0.05) is 11.6 Å². The number of aromatic nitrogens is 2. The van der Waals surface area contributed by atoms with Gasteiger partial charge in [-0.3, -0.25) is 4.79 Å². The van der Waals surface area contributed by atoms with Gasteiger partial charge < -0.3 is 20.3 Å². The second-order valence-electron chi connectivity index (χ2n) is 5.24. The lowest BCUT2D eigenvalue weighted by Gasteiger charge is -2.19. The molecule has 0 saturated carbocycles. The Morgan fingerprint density at radius 2 is 2.27 bits per heavy atom. The Balaban J connectivity index is 2.09. The first-order valence-electron chi connectivity index (χ1n) is 7.40. The van der Waals surface area contributed by atoms with Crippen LogP contribution in [0, 0.1) is 0 Å². The molecule has 0 aliphatic carbocycles. The Morgan fingerprint density at radius 1 is 1.50 bits per heavy atom. The Hall–Kier alpha value is -1.60. The minimum absolute atomic E-state index is 0.106. The van der Waals surface area contributed by atoms with Crippen LogP contribution in [0.5, 0.6) is 5.88 Å². The number of amides is 1. The fraction of sp³-hybridized carbons (Fsp3) is 0.643. The van der Waals surface area contributed by atoms with Crippen molar-refractivity contribution in [1.29, 1.82) is 0 Å². The zero-order valence-electron chi connectivity index (χ0n) is 13.1. The molecule has 0 spiro atoms. The molecule has 1 amide bonds. The number of nitrogens with one attached hydrogen (secondary N) is 2. The van der Waals surface area contributed by atoms with Gasteiger partial charge in [-0.05, 0) is 33.4 Å². The molecule has 8 heteroatoms. The maximum Gasteiger partial charge on any atom is 0.275 e. The molecule has 22 heavy (non-hydrogen) atoms. The van der Waals surface area contributed by atoms with Crippen LogP contribution in [0.1, 0.15) is 30.3 Å². The molecule has 1 saturated heterocycles. The highest BCUT2D eigenvalue weighted by Crippen LogP contribution is 2.23. The number of nitrogens with zero attached hydrogens (tertiary/aromatic N) is 3. The highest BCUT2D eigenvalue weighted by atomic mass is 35.5. The molecule has 1 aromatic rings. The summed E-state index contributed by atoms with van der Waals surface area (Å²) in [5.41, 5.74) is 0.106. The number of methoxy groups -OCH3 is 1. The summed E-state index contributed by atoms with van der Waals surface area (Å²) in [6.07, 6.45) is 2.24. The summed E-state index contributed by atoms with van der Waals surface area (Å²) in [5, 5.41) is 6.02. The van der Waals surface area contributed by atoms with Crippen molar-refractivity contribution in [3.8, 4) is 5.88 Å². The number of rotatable bonds is 6. The number of likely N-dealkylation sites (tertiary alicyclic amines) is 1. The quantitative estimate of drug-likeness (QED) is 0.822. The lowest BCUT2D eigenvalue weighted by atomic mass is 10.2. The zero-order valence-corrected chi connectivity index (χ0v) is 13.9. The molecule has 2 heterocycles. The van der Waals surface area contributed by atoms with E-state index in [1.54, 1.807) is 0 Å².